The molecule has 0 aliphatic carbocycles. The maximum absolute atomic E-state index is 13.0. The predicted octanol–water partition coefficient (Wildman–Crippen LogP) is 3.40. The molecule has 1 heterocycles. The number of nitrogens with one attached hydrogen (secondary N) is 1. The van der Waals surface area contributed by atoms with Crippen molar-refractivity contribution in [2.24, 2.45) is 5.92 Å². The zero-order chi connectivity index (χ0) is 21.0. The minimum absolute atomic E-state index is 0.129. The minimum Gasteiger partial charge on any atom is -0.497 e. The summed E-state index contributed by atoms with van der Waals surface area (Å²) in [5.74, 6) is 0.413. The largest absolute Gasteiger partial charge is 0.497 e. The first-order valence-corrected chi connectivity index (χ1v) is 11.0. The Kier molecular flexibility index (Phi) is 6.66. The molecule has 1 amide bonds. The average molecular weight is 439 g/mol. The topological polar surface area (TPSA) is 84.9 Å². The van der Waals surface area contributed by atoms with E-state index in [2.05, 4.69) is 5.32 Å². The van der Waals surface area contributed by atoms with Crippen molar-refractivity contribution in [2.75, 3.05) is 32.6 Å². The Labute approximate surface area is 175 Å². The van der Waals surface area contributed by atoms with Gasteiger partial charge in [-0.3, -0.25) is 4.79 Å². The lowest BCUT2D eigenvalue weighted by Crippen LogP contribution is -2.43. The highest BCUT2D eigenvalue weighted by atomic mass is 35.5. The van der Waals surface area contributed by atoms with Gasteiger partial charge in [0.25, 0.3) is 0 Å². The van der Waals surface area contributed by atoms with E-state index >= 15 is 0 Å². The van der Waals surface area contributed by atoms with Crippen LogP contribution in [0, 0.1) is 5.92 Å². The normalized spacial score (nSPS) is 17.6. The molecule has 0 unspecified atom stereocenters. The van der Waals surface area contributed by atoms with Crippen LogP contribution in [0.15, 0.2) is 47.4 Å². The van der Waals surface area contributed by atoms with Crippen LogP contribution < -0.4 is 14.8 Å². The van der Waals surface area contributed by atoms with E-state index < -0.39 is 15.9 Å². The minimum atomic E-state index is -3.68. The number of ether oxygens (including phenoxy) is 2. The van der Waals surface area contributed by atoms with Gasteiger partial charge in [0.15, 0.2) is 0 Å². The molecule has 156 valence electrons. The smallest absolute Gasteiger partial charge is 0.243 e. The lowest BCUT2D eigenvalue weighted by molar-refractivity contribution is -0.120. The summed E-state index contributed by atoms with van der Waals surface area (Å²) < 4.78 is 37.4. The number of anilines is 1. The first kappa shape index (κ1) is 21.4. The summed E-state index contributed by atoms with van der Waals surface area (Å²) in [7, 11) is -0.647. The first-order valence-electron chi connectivity index (χ1n) is 9.13. The van der Waals surface area contributed by atoms with Gasteiger partial charge in [-0.1, -0.05) is 11.6 Å². The molecule has 9 heteroatoms. The number of carbonyl (C=O) groups is 1. The van der Waals surface area contributed by atoms with Crippen molar-refractivity contribution in [1.82, 2.24) is 4.31 Å². The third kappa shape index (κ3) is 4.83. The molecule has 2 aromatic rings. The Morgan fingerprint density at radius 1 is 1.14 bits per heavy atom. The molecule has 7 nitrogen and oxygen atoms in total. The lowest BCUT2D eigenvalue weighted by atomic mass is 9.98. The van der Waals surface area contributed by atoms with Crippen LogP contribution in [0.3, 0.4) is 0 Å². The Morgan fingerprint density at radius 3 is 2.48 bits per heavy atom. The van der Waals surface area contributed by atoms with Gasteiger partial charge in [0.2, 0.25) is 15.9 Å². The molecule has 1 fully saturated rings. The second kappa shape index (κ2) is 9.02. The quantitative estimate of drug-likeness (QED) is 0.747. The van der Waals surface area contributed by atoms with Gasteiger partial charge in [0, 0.05) is 18.8 Å². The number of hydrogen-bond acceptors (Lipinski definition) is 5. The molecule has 1 aliphatic rings. The Bertz CT molecular complexity index is 979. The standard InChI is InChI=1S/C20H23ClN2O5S/c1-27-16-6-8-17(9-7-16)29(25,26)23-11-3-4-14(13-23)20(24)22-15-5-10-19(28-2)18(21)12-15/h5-10,12,14H,3-4,11,13H2,1-2H3,(H,22,24)/t14-/m1/s1. The van der Waals surface area contributed by atoms with Crippen molar-refractivity contribution in [3.05, 3.63) is 47.5 Å². The fourth-order valence-corrected chi connectivity index (χ4v) is 5.04. The number of piperidine rings is 1. The molecule has 2 aromatic carbocycles. The van der Waals surface area contributed by atoms with Gasteiger partial charge in [-0.25, -0.2) is 8.42 Å². The SMILES string of the molecule is COc1ccc(S(=O)(=O)N2CCC[C@@H](C(=O)Nc3ccc(OC)c(Cl)c3)C2)cc1. The summed E-state index contributed by atoms with van der Waals surface area (Å²) in [6.07, 6.45) is 1.22. The number of nitrogens with zero attached hydrogens (tertiary/aromatic N) is 1. The van der Waals surface area contributed by atoms with Crippen LogP contribution in [0.5, 0.6) is 11.5 Å². The second-order valence-electron chi connectivity index (χ2n) is 6.72. The highest BCUT2D eigenvalue weighted by Gasteiger charge is 2.33. The van der Waals surface area contributed by atoms with E-state index in [0.29, 0.717) is 41.6 Å². The van der Waals surface area contributed by atoms with E-state index in [0.717, 1.165) is 0 Å². The van der Waals surface area contributed by atoms with E-state index in [1.165, 1.54) is 30.7 Å². The van der Waals surface area contributed by atoms with Crippen LogP contribution in [-0.4, -0.2) is 45.9 Å². The summed E-state index contributed by atoms with van der Waals surface area (Å²) in [5.41, 5.74) is 0.538. The monoisotopic (exact) mass is 438 g/mol. The zero-order valence-electron chi connectivity index (χ0n) is 16.2. The highest BCUT2D eigenvalue weighted by Crippen LogP contribution is 2.29. The molecular formula is C20H23ClN2O5S. The highest BCUT2D eigenvalue weighted by molar-refractivity contribution is 7.89. The van der Waals surface area contributed by atoms with Gasteiger partial charge >= 0.3 is 0 Å². The van der Waals surface area contributed by atoms with Crippen molar-refractivity contribution < 1.29 is 22.7 Å². The summed E-state index contributed by atoms with van der Waals surface area (Å²) in [6, 6.07) is 11.2. The summed E-state index contributed by atoms with van der Waals surface area (Å²) in [4.78, 5) is 12.9. The van der Waals surface area contributed by atoms with Gasteiger partial charge in [0.1, 0.15) is 11.5 Å². The fraction of sp³-hybridized carbons (Fsp3) is 0.350. The molecule has 1 N–H and O–H groups in total. The predicted molar refractivity (Wildman–Crippen MR) is 111 cm³/mol. The third-order valence-corrected chi connectivity index (χ3v) is 7.05. The van der Waals surface area contributed by atoms with Crippen molar-refractivity contribution in [3.8, 4) is 11.5 Å². The number of rotatable bonds is 6. The van der Waals surface area contributed by atoms with Crippen LogP contribution in [0.25, 0.3) is 0 Å². The number of methoxy groups -OCH3 is 2. The second-order valence-corrected chi connectivity index (χ2v) is 9.06. The molecule has 1 atom stereocenters. The number of sulfonamides is 1. The van der Waals surface area contributed by atoms with Crippen LogP contribution >= 0.6 is 11.6 Å². The number of hydrogen-bond donors (Lipinski definition) is 1. The lowest BCUT2D eigenvalue weighted by Gasteiger charge is -2.31. The summed E-state index contributed by atoms with van der Waals surface area (Å²) in [6.45, 7) is 0.511. The molecule has 0 saturated carbocycles. The molecule has 1 saturated heterocycles. The number of benzene rings is 2. The maximum atomic E-state index is 13.0. The van der Waals surface area contributed by atoms with Crippen LogP contribution in [0.1, 0.15) is 12.8 Å². The molecule has 0 spiro atoms. The fourth-order valence-electron chi connectivity index (χ4n) is 3.26. The van der Waals surface area contributed by atoms with E-state index in [9.17, 15) is 13.2 Å². The van der Waals surface area contributed by atoms with Gasteiger partial charge in [-0.15, -0.1) is 0 Å². The number of halogens is 1. The van der Waals surface area contributed by atoms with Crippen molar-refractivity contribution >= 4 is 33.2 Å². The molecular weight excluding hydrogens is 416 g/mol. The number of carbonyl (C=O) groups excluding carboxylic acids is 1. The third-order valence-electron chi connectivity index (χ3n) is 4.87. The van der Waals surface area contributed by atoms with Crippen molar-refractivity contribution in [1.29, 1.82) is 0 Å². The van der Waals surface area contributed by atoms with E-state index in [1.807, 2.05) is 0 Å². The van der Waals surface area contributed by atoms with E-state index in [1.54, 1.807) is 30.3 Å². The van der Waals surface area contributed by atoms with E-state index in [-0.39, 0.29) is 17.3 Å². The Hall–Kier alpha value is -2.29. The molecule has 0 radical (unpaired) electrons. The summed E-state index contributed by atoms with van der Waals surface area (Å²) in [5, 5.41) is 3.20. The Balaban J connectivity index is 1.70. The van der Waals surface area contributed by atoms with Crippen LogP contribution in [0.2, 0.25) is 5.02 Å². The molecule has 29 heavy (non-hydrogen) atoms. The van der Waals surface area contributed by atoms with E-state index in [4.69, 9.17) is 21.1 Å². The van der Waals surface area contributed by atoms with Crippen LogP contribution in [0.4, 0.5) is 5.69 Å². The average Bonchev–Trinajstić information content (AvgIpc) is 2.74. The van der Waals surface area contributed by atoms with Gasteiger partial charge < -0.3 is 14.8 Å². The first-order chi connectivity index (χ1) is 13.8. The van der Waals surface area contributed by atoms with Gasteiger partial charge in [-0.05, 0) is 55.3 Å². The molecule has 3 rings (SSSR count). The Morgan fingerprint density at radius 2 is 1.86 bits per heavy atom. The van der Waals surface area contributed by atoms with Gasteiger partial charge in [0.05, 0.1) is 30.1 Å². The van der Waals surface area contributed by atoms with Crippen LogP contribution in [-0.2, 0) is 14.8 Å². The van der Waals surface area contributed by atoms with Gasteiger partial charge in [-0.2, -0.15) is 4.31 Å². The molecule has 0 bridgehead atoms. The molecule has 1 aliphatic heterocycles. The summed E-state index contributed by atoms with van der Waals surface area (Å²) >= 11 is 6.10. The zero-order valence-corrected chi connectivity index (χ0v) is 17.8. The van der Waals surface area contributed by atoms with Crippen molar-refractivity contribution in [3.63, 3.8) is 0 Å². The maximum Gasteiger partial charge on any atom is 0.243 e. The van der Waals surface area contributed by atoms with Crippen molar-refractivity contribution in [2.45, 2.75) is 17.7 Å². The number of amides is 1. The molecule has 0 aromatic heterocycles.